The summed E-state index contributed by atoms with van der Waals surface area (Å²) in [4.78, 5) is 17.2. The Labute approximate surface area is 183 Å². The summed E-state index contributed by atoms with van der Waals surface area (Å²) in [5.41, 5.74) is 4.85. The summed E-state index contributed by atoms with van der Waals surface area (Å²) < 4.78 is 11.0. The van der Waals surface area contributed by atoms with E-state index in [1.54, 1.807) is 4.90 Å². The zero-order chi connectivity index (χ0) is 21.8. The van der Waals surface area contributed by atoms with Crippen LogP contribution in [0.2, 0.25) is 0 Å². The number of carbonyl (C=O) groups excluding carboxylic acids is 1. The van der Waals surface area contributed by atoms with Crippen LogP contribution >= 0.6 is 0 Å². The minimum absolute atomic E-state index is 0.00602. The molecule has 1 aromatic heterocycles. The molecular weight excluding hydrogens is 390 g/mol. The summed E-state index contributed by atoms with van der Waals surface area (Å²) >= 11 is 0. The molecule has 1 saturated heterocycles. The van der Waals surface area contributed by atoms with Crippen LogP contribution in [-0.4, -0.2) is 36.1 Å². The zero-order valence-electron chi connectivity index (χ0n) is 18.4. The van der Waals surface area contributed by atoms with E-state index in [9.17, 15) is 4.79 Å². The first kappa shape index (κ1) is 21.0. The monoisotopic (exact) mass is 419 g/mol. The zero-order valence-corrected chi connectivity index (χ0v) is 18.4. The van der Waals surface area contributed by atoms with E-state index in [0.29, 0.717) is 24.5 Å². The van der Waals surface area contributed by atoms with Crippen molar-refractivity contribution in [3.8, 4) is 5.75 Å². The summed E-state index contributed by atoms with van der Waals surface area (Å²) in [6.07, 6.45) is 2.46. The number of ether oxygens (including phenoxy) is 1. The molecule has 0 radical (unpaired) electrons. The van der Waals surface area contributed by atoms with Gasteiger partial charge in [-0.2, -0.15) is 0 Å². The van der Waals surface area contributed by atoms with E-state index in [1.807, 2.05) is 51.2 Å². The van der Waals surface area contributed by atoms with Crippen LogP contribution in [0, 0.1) is 13.8 Å². The highest BCUT2D eigenvalue weighted by Gasteiger charge is 2.18. The highest BCUT2D eigenvalue weighted by molar-refractivity contribution is 5.94. The van der Waals surface area contributed by atoms with Crippen molar-refractivity contribution in [1.82, 2.24) is 10.1 Å². The SMILES string of the molecule is Cc1noc(C)c1COc1ccc(C(=O)N(C)Cc2ccccc2N2CCCC2)cc1. The fraction of sp³-hybridized carbons (Fsp3) is 0.360. The highest BCUT2D eigenvalue weighted by Crippen LogP contribution is 2.26. The van der Waals surface area contributed by atoms with Gasteiger partial charge in [0.25, 0.3) is 5.91 Å². The lowest BCUT2D eigenvalue weighted by Gasteiger charge is -2.24. The number of amides is 1. The summed E-state index contributed by atoms with van der Waals surface area (Å²) in [5, 5.41) is 3.94. The minimum atomic E-state index is -0.00602. The molecule has 0 aliphatic carbocycles. The maximum atomic E-state index is 13.0. The van der Waals surface area contributed by atoms with Crippen molar-refractivity contribution in [2.75, 3.05) is 25.0 Å². The fourth-order valence-corrected chi connectivity index (χ4v) is 4.02. The maximum Gasteiger partial charge on any atom is 0.253 e. The maximum absolute atomic E-state index is 13.0. The molecule has 1 fully saturated rings. The molecule has 2 aromatic carbocycles. The smallest absolute Gasteiger partial charge is 0.253 e. The standard InChI is InChI=1S/C25H29N3O3/c1-18-23(19(2)31-26-18)17-30-22-12-10-20(11-13-22)25(29)27(3)16-21-8-4-5-9-24(21)28-14-6-7-15-28/h4-5,8-13H,6-7,14-17H2,1-3H3. The van der Waals surface area contributed by atoms with Gasteiger partial charge in [0.1, 0.15) is 18.1 Å². The van der Waals surface area contributed by atoms with E-state index < -0.39 is 0 Å². The number of rotatable bonds is 7. The predicted octanol–water partition coefficient (Wildman–Crippen LogP) is 4.74. The van der Waals surface area contributed by atoms with Crippen molar-refractivity contribution in [3.05, 3.63) is 76.7 Å². The third-order valence-electron chi connectivity index (χ3n) is 5.86. The second kappa shape index (κ2) is 9.25. The van der Waals surface area contributed by atoms with E-state index in [-0.39, 0.29) is 5.91 Å². The molecule has 0 saturated carbocycles. The molecule has 0 N–H and O–H groups in total. The molecule has 3 aromatic rings. The predicted molar refractivity (Wildman–Crippen MR) is 120 cm³/mol. The number of para-hydroxylation sites is 1. The Morgan fingerprint density at radius 2 is 1.81 bits per heavy atom. The molecule has 1 aliphatic rings. The van der Waals surface area contributed by atoms with Crippen molar-refractivity contribution in [2.45, 2.75) is 39.8 Å². The van der Waals surface area contributed by atoms with Gasteiger partial charge in [0.05, 0.1) is 11.3 Å². The van der Waals surface area contributed by atoms with Gasteiger partial charge in [0, 0.05) is 37.9 Å². The quantitative estimate of drug-likeness (QED) is 0.553. The average Bonchev–Trinajstić information content (AvgIpc) is 3.43. The van der Waals surface area contributed by atoms with E-state index >= 15 is 0 Å². The number of carbonyl (C=O) groups is 1. The van der Waals surface area contributed by atoms with Crippen LogP contribution in [0.5, 0.6) is 5.75 Å². The molecule has 6 heteroatoms. The van der Waals surface area contributed by atoms with Gasteiger partial charge >= 0.3 is 0 Å². The van der Waals surface area contributed by atoms with E-state index in [1.165, 1.54) is 24.1 Å². The Bertz CT molecular complexity index is 1020. The van der Waals surface area contributed by atoms with Gasteiger partial charge in [-0.05, 0) is 62.6 Å². The number of aryl methyl sites for hydroxylation is 2. The highest BCUT2D eigenvalue weighted by atomic mass is 16.5. The lowest BCUT2D eigenvalue weighted by molar-refractivity contribution is 0.0785. The minimum Gasteiger partial charge on any atom is -0.489 e. The van der Waals surface area contributed by atoms with Crippen molar-refractivity contribution in [1.29, 1.82) is 0 Å². The second-order valence-corrected chi connectivity index (χ2v) is 8.10. The molecule has 6 nitrogen and oxygen atoms in total. The molecule has 0 bridgehead atoms. The van der Waals surface area contributed by atoms with Gasteiger partial charge in [-0.25, -0.2) is 0 Å². The van der Waals surface area contributed by atoms with Gasteiger partial charge < -0.3 is 19.1 Å². The first-order valence-electron chi connectivity index (χ1n) is 10.8. The number of anilines is 1. The second-order valence-electron chi connectivity index (χ2n) is 8.10. The van der Waals surface area contributed by atoms with Crippen LogP contribution in [-0.2, 0) is 13.2 Å². The van der Waals surface area contributed by atoms with Gasteiger partial charge in [-0.1, -0.05) is 23.4 Å². The molecule has 0 spiro atoms. The van der Waals surface area contributed by atoms with Gasteiger partial charge in [-0.15, -0.1) is 0 Å². The lowest BCUT2D eigenvalue weighted by Crippen LogP contribution is -2.28. The Kier molecular flexibility index (Phi) is 6.26. The van der Waals surface area contributed by atoms with Gasteiger partial charge in [0.15, 0.2) is 0 Å². The topological polar surface area (TPSA) is 58.8 Å². The summed E-state index contributed by atoms with van der Waals surface area (Å²) in [6.45, 7) is 6.92. The molecule has 1 amide bonds. The van der Waals surface area contributed by atoms with Crippen molar-refractivity contribution in [3.63, 3.8) is 0 Å². The number of nitrogens with zero attached hydrogens (tertiary/aromatic N) is 3. The summed E-state index contributed by atoms with van der Waals surface area (Å²) in [5.74, 6) is 1.47. The van der Waals surface area contributed by atoms with E-state index in [0.717, 1.165) is 30.1 Å². The fourth-order valence-electron chi connectivity index (χ4n) is 4.02. The van der Waals surface area contributed by atoms with Gasteiger partial charge in [0.2, 0.25) is 0 Å². The Hall–Kier alpha value is -3.28. The number of hydrogen-bond acceptors (Lipinski definition) is 5. The van der Waals surface area contributed by atoms with Crippen molar-refractivity contribution < 1.29 is 14.1 Å². The molecule has 0 atom stereocenters. The lowest BCUT2D eigenvalue weighted by atomic mass is 10.1. The number of hydrogen-bond donors (Lipinski definition) is 0. The molecular formula is C25H29N3O3. The third-order valence-corrected chi connectivity index (χ3v) is 5.86. The van der Waals surface area contributed by atoms with Crippen molar-refractivity contribution >= 4 is 11.6 Å². The Balaban J connectivity index is 1.39. The Morgan fingerprint density at radius 3 is 2.48 bits per heavy atom. The van der Waals surface area contributed by atoms with Crippen LogP contribution in [0.1, 0.15) is 45.8 Å². The molecule has 162 valence electrons. The molecule has 1 aliphatic heterocycles. The third kappa shape index (κ3) is 4.74. The summed E-state index contributed by atoms with van der Waals surface area (Å²) in [7, 11) is 1.85. The normalized spacial score (nSPS) is 13.5. The average molecular weight is 420 g/mol. The van der Waals surface area contributed by atoms with E-state index in [2.05, 4.69) is 28.3 Å². The largest absolute Gasteiger partial charge is 0.489 e. The molecule has 2 heterocycles. The van der Waals surface area contributed by atoms with E-state index in [4.69, 9.17) is 9.26 Å². The van der Waals surface area contributed by atoms with Gasteiger partial charge in [-0.3, -0.25) is 4.79 Å². The van der Waals surface area contributed by atoms with Crippen LogP contribution < -0.4 is 9.64 Å². The Morgan fingerprint density at radius 1 is 1.10 bits per heavy atom. The van der Waals surface area contributed by atoms with Crippen LogP contribution in [0.4, 0.5) is 5.69 Å². The van der Waals surface area contributed by atoms with Crippen LogP contribution in [0.3, 0.4) is 0 Å². The first-order valence-corrected chi connectivity index (χ1v) is 10.8. The van der Waals surface area contributed by atoms with Crippen LogP contribution in [0.15, 0.2) is 53.1 Å². The van der Waals surface area contributed by atoms with Crippen molar-refractivity contribution in [2.24, 2.45) is 0 Å². The number of benzene rings is 2. The molecule has 0 unspecified atom stereocenters. The molecule has 31 heavy (non-hydrogen) atoms. The van der Waals surface area contributed by atoms with Crippen LogP contribution in [0.25, 0.3) is 0 Å². The molecule has 4 rings (SSSR count). The summed E-state index contributed by atoms with van der Waals surface area (Å²) in [6, 6.07) is 15.7. The number of aromatic nitrogens is 1. The first-order chi connectivity index (χ1) is 15.0.